The Kier molecular flexibility index (Phi) is 6.07. The molecule has 1 N–H and O–H groups in total. The van der Waals surface area contributed by atoms with E-state index in [-0.39, 0.29) is 30.1 Å². The summed E-state index contributed by atoms with van der Waals surface area (Å²) in [5.74, 6) is 1.00. The molecule has 6 nitrogen and oxygen atoms in total. The van der Waals surface area contributed by atoms with E-state index in [0.29, 0.717) is 12.4 Å². The molecule has 0 radical (unpaired) electrons. The Morgan fingerprint density at radius 3 is 2.61 bits per heavy atom. The fourth-order valence-electron chi connectivity index (χ4n) is 3.22. The van der Waals surface area contributed by atoms with Crippen LogP contribution in [0.5, 0.6) is 0 Å². The number of carbonyl (C=O) groups excluding carboxylic acids is 1. The Labute approximate surface area is 138 Å². The molecular formula is C17H28N4O2. The van der Waals surface area contributed by atoms with Crippen LogP contribution in [-0.4, -0.2) is 52.1 Å². The first-order chi connectivity index (χ1) is 10.9. The number of hydrogen-bond acceptors (Lipinski definition) is 5. The quantitative estimate of drug-likeness (QED) is 0.891. The van der Waals surface area contributed by atoms with Crippen molar-refractivity contribution in [3.05, 3.63) is 23.8 Å². The van der Waals surface area contributed by atoms with Crippen LogP contribution in [0.3, 0.4) is 0 Å². The third kappa shape index (κ3) is 4.97. The number of amides is 1. The molecule has 0 bridgehead atoms. The van der Waals surface area contributed by atoms with E-state index in [1.165, 1.54) is 0 Å². The van der Waals surface area contributed by atoms with Crippen molar-refractivity contribution in [2.75, 3.05) is 13.1 Å². The second-order valence-corrected chi connectivity index (χ2v) is 6.71. The van der Waals surface area contributed by atoms with Crippen LogP contribution in [0.25, 0.3) is 0 Å². The molecule has 1 aliphatic rings. The van der Waals surface area contributed by atoms with Crippen molar-refractivity contribution in [2.45, 2.75) is 59.4 Å². The topological polar surface area (TPSA) is 67.4 Å². The summed E-state index contributed by atoms with van der Waals surface area (Å²) in [6, 6.07) is 1.68. The van der Waals surface area contributed by atoms with Gasteiger partial charge in [0, 0.05) is 19.3 Å². The first-order valence-electron chi connectivity index (χ1n) is 8.32. The number of morpholine rings is 1. The van der Waals surface area contributed by atoms with Crippen LogP contribution in [0.4, 0.5) is 0 Å². The molecule has 1 aromatic heterocycles. The zero-order valence-corrected chi connectivity index (χ0v) is 14.7. The minimum absolute atomic E-state index is 0.0533. The van der Waals surface area contributed by atoms with Gasteiger partial charge in [-0.05, 0) is 32.8 Å². The highest BCUT2D eigenvalue weighted by Crippen LogP contribution is 2.18. The Bertz CT molecular complexity index is 525. The molecule has 1 fully saturated rings. The molecule has 2 rings (SSSR count). The van der Waals surface area contributed by atoms with Crippen LogP contribution < -0.4 is 5.32 Å². The fraction of sp³-hybridized carbons (Fsp3) is 0.706. The van der Waals surface area contributed by atoms with E-state index in [2.05, 4.69) is 47.9 Å². The molecule has 2 heterocycles. The zero-order valence-electron chi connectivity index (χ0n) is 14.7. The summed E-state index contributed by atoms with van der Waals surface area (Å²) >= 11 is 0. The van der Waals surface area contributed by atoms with Crippen LogP contribution in [0, 0.1) is 12.8 Å². The molecule has 0 unspecified atom stereocenters. The summed E-state index contributed by atoms with van der Waals surface area (Å²) in [6.45, 7) is 12.1. The number of hydrogen-bond donors (Lipinski definition) is 1. The van der Waals surface area contributed by atoms with Crippen LogP contribution >= 0.6 is 0 Å². The van der Waals surface area contributed by atoms with Gasteiger partial charge < -0.3 is 10.1 Å². The largest absolute Gasteiger partial charge is 0.373 e. The van der Waals surface area contributed by atoms with Crippen molar-refractivity contribution in [2.24, 2.45) is 5.92 Å². The molecule has 0 saturated carbocycles. The Morgan fingerprint density at radius 2 is 2.04 bits per heavy atom. The van der Waals surface area contributed by atoms with E-state index in [0.717, 1.165) is 18.8 Å². The molecule has 1 amide bonds. The highest BCUT2D eigenvalue weighted by molar-refractivity contribution is 5.82. The van der Waals surface area contributed by atoms with Crippen molar-refractivity contribution < 1.29 is 9.53 Å². The van der Waals surface area contributed by atoms with Gasteiger partial charge in [0.15, 0.2) is 0 Å². The van der Waals surface area contributed by atoms with Gasteiger partial charge in [0.1, 0.15) is 5.82 Å². The first kappa shape index (κ1) is 17.8. The van der Waals surface area contributed by atoms with E-state index in [1.54, 1.807) is 6.20 Å². The number of rotatable bonds is 5. The third-order valence-corrected chi connectivity index (χ3v) is 4.02. The number of nitrogens with one attached hydrogen (secondary N) is 1. The van der Waals surface area contributed by atoms with Gasteiger partial charge >= 0.3 is 0 Å². The number of nitrogens with zero attached hydrogens (tertiary/aromatic N) is 3. The predicted octanol–water partition coefficient (Wildman–Crippen LogP) is 1.54. The Morgan fingerprint density at radius 1 is 1.39 bits per heavy atom. The molecule has 23 heavy (non-hydrogen) atoms. The standard InChI is InChI=1S/C17H28N4O2/c1-11(2)16(21-9-12(3)23-13(4)10-21)17(22)19-8-15-6-7-18-14(5)20-15/h6-7,11-13,16H,8-10H2,1-5H3,(H,19,22)/t12-,13+,16-/m0/s1. The zero-order chi connectivity index (χ0) is 17.0. The molecule has 0 aromatic carbocycles. The fourth-order valence-corrected chi connectivity index (χ4v) is 3.22. The van der Waals surface area contributed by atoms with Gasteiger partial charge in [-0.3, -0.25) is 9.69 Å². The van der Waals surface area contributed by atoms with Crippen molar-refractivity contribution in [1.82, 2.24) is 20.2 Å². The van der Waals surface area contributed by atoms with Crippen molar-refractivity contribution >= 4 is 5.91 Å². The van der Waals surface area contributed by atoms with Gasteiger partial charge in [0.05, 0.1) is 30.5 Å². The van der Waals surface area contributed by atoms with Crippen molar-refractivity contribution in [3.63, 3.8) is 0 Å². The van der Waals surface area contributed by atoms with Crippen LogP contribution in [-0.2, 0) is 16.1 Å². The summed E-state index contributed by atoms with van der Waals surface area (Å²) in [6.07, 6.45) is 2.02. The molecule has 1 saturated heterocycles. The normalized spacial score (nSPS) is 23.7. The highest BCUT2D eigenvalue weighted by Gasteiger charge is 2.33. The SMILES string of the molecule is Cc1nccc(CNC(=O)[C@H](C(C)C)N2C[C@@H](C)O[C@@H](C)C2)n1. The average Bonchev–Trinajstić information content (AvgIpc) is 2.44. The maximum atomic E-state index is 12.7. The second-order valence-electron chi connectivity index (χ2n) is 6.71. The maximum Gasteiger partial charge on any atom is 0.237 e. The summed E-state index contributed by atoms with van der Waals surface area (Å²) in [7, 11) is 0. The van der Waals surface area contributed by atoms with E-state index < -0.39 is 0 Å². The molecule has 3 atom stereocenters. The van der Waals surface area contributed by atoms with Gasteiger partial charge in [-0.15, -0.1) is 0 Å². The van der Waals surface area contributed by atoms with Gasteiger partial charge in [0.2, 0.25) is 5.91 Å². The van der Waals surface area contributed by atoms with E-state index in [4.69, 9.17) is 4.74 Å². The molecule has 0 aliphatic carbocycles. The smallest absolute Gasteiger partial charge is 0.237 e. The van der Waals surface area contributed by atoms with Gasteiger partial charge in [-0.2, -0.15) is 0 Å². The van der Waals surface area contributed by atoms with Gasteiger partial charge in [0.25, 0.3) is 0 Å². The average molecular weight is 320 g/mol. The van der Waals surface area contributed by atoms with E-state index >= 15 is 0 Å². The molecular weight excluding hydrogens is 292 g/mol. The lowest BCUT2D eigenvalue weighted by atomic mass is 9.99. The predicted molar refractivity (Wildman–Crippen MR) is 88.8 cm³/mol. The summed E-state index contributed by atoms with van der Waals surface area (Å²) < 4.78 is 5.78. The number of aromatic nitrogens is 2. The Balaban J connectivity index is 2.01. The Hall–Kier alpha value is -1.53. The number of aryl methyl sites for hydroxylation is 1. The van der Waals surface area contributed by atoms with Crippen molar-refractivity contribution in [3.8, 4) is 0 Å². The van der Waals surface area contributed by atoms with Crippen LogP contribution in [0.1, 0.15) is 39.2 Å². The second kappa shape index (κ2) is 7.84. The molecule has 128 valence electrons. The molecule has 1 aliphatic heterocycles. The molecule has 6 heteroatoms. The lowest BCUT2D eigenvalue weighted by Gasteiger charge is -2.41. The lowest BCUT2D eigenvalue weighted by molar-refractivity contribution is -0.135. The molecule has 1 aromatic rings. The van der Waals surface area contributed by atoms with E-state index in [9.17, 15) is 4.79 Å². The van der Waals surface area contributed by atoms with Crippen molar-refractivity contribution in [1.29, 1.82) is 0 Å². The highest BCUT2D eigenvalue weighted by atomic mass is 16.5. The third-order valence-electron chi connectivity index (χ3n) is 4.02. The maximum absolute atomic E-state index is 12.7. The van der Waals surface area contributed by atoms with Crippen LogP contribution in [0.15, 0.2) is 12.3 Å². The summed E-state index contributed by atoms with van der Waals surface area (Å²) in [5, 5.41) is 3.02. The van der Waals surface area contributed by atoms with Gasteiger partial charge in [-0.1, -0.05) is 13.8 Å². The monoisotopic (exact) mass is 320 g/mol. The van der Waals surface area contributed by atoms with Gasteiger partial charge in [-0.25, -0.2) is 9.97 Å². The number of ether oxygens (including phenoxy) is 1. The minimum atomic E-state index is -0.147. The summed E-state index contributed by atoms with van der Waals surface area (Å²) in [5.41, 5.74) is 0.831. The number of carbonyl (C=O) groups is 1. The lowest BCUT2D eigenvalue weighted by Crippen LogP contribution is -2.56. The minimum Gasteiger partial charge on any atom is -0.373 e. The molecule has 0 spiro atoms. The van der Waals surface area contributed by atoms with Crippen LogP contribution in [0.2, 0.25) is 0 Å². The summed E-state index contributed by atoms with van der Waals surface area (Å²) in [4.78, 5) is 23.4. The van der Waals surface area contributed by atoms with E-state index in [1.807, 2.05) is 13.0 Å². The first-order valence-corrected chi connectivity index (χ1v) is 8.32.